The first-order chi connectivity index (χ1) is 15.1. The van der Waals surface area contributed by atoms with E-state index in [0.717, 1.165) is 48.2 Å². The van der Waals surface area contributed by atoms with E-state index in [2.05, 4.69) is 34.3 Å². The van der Waals surface area contributed by atoms with E-state index in [9.17, 15) is 4.79 Å². The summed E-state index contributed by atoms with van der Waals surface area (Å²) in [5.41, 5.74) is 2.16. The normalized spacial score (nSPS) is 23.3. The van der Waals surface area contributed by atoms with Gasteiger partial charge in [0.1, 0.15) is 0 Å². The van der Waals surface area contributed by atoms with Gasteiger partial charge >= 0.3 is 0 Å². The molecule has 7 heteroatoms. The number of hydrogen-bond donors (Lipinski definition) is 1. The Kier molecular flexibility index (Phi) is 8.51. The molecule has 0 bridgehead atoms. The average molecular weight is 455 g/mol. The average Bonchev–Trinajstić information content (AvgIpc) is 3.53. The fraction of sp³-hybridized carbons (Fsp3) is 0.333. The van der Waals surface area contributed by atoms with Crippen LogP contribution in [0.5, 0.6) is 0 Å². The number of nitrogens with zero attached hydrogens (tertiary/aromatic N) is 3. The summed E-state index contributed by atoms with van der Waals surface area (Å²) in [6.07, 6.45) is 15.2. The number of nitrogens with one attached hydrogen (secondary N) is 1. The Bertz CT molecular complexity index is 901. The standard InChI is InChI=1S/C24H30N4OS2/c1-5-8-19(6-2)20-11-14-27(17-20)22-12-15-28(23(22)29)18(4)9-10-21(7-3)31-26-24-25-13-16-30-24/h5-10,13,16,20,22H,1-3,11-12,14-15,17H2,4H3,(H,25,26)/b18-9+,19-8+,21-10+. The van der Waals surface area contributed by atoms with Crippen molar-refractivity contribution in [2.24, 2.45) is 5.92 Å². The van der Waals surface area contributed by atoms with E-state index in [1.165, 1.54) is 17.5 Å². The van der Waals surface area contributed by atoms with E-state index in [-0.39, 0.29) is 11.9 Å². The largest absolute Gasteiger partial charge is 0.315 e. The van der Waals surface area contributed by atoms with Gasteiger partial charge in [0.25, 0.3) is 0 Å². The molecule has 3 rings (SSSR count). The summed E-state index contributed by atoms with van der Waals surface area (Å²) >= 11 is 3.01. The molecule has 5 nitrogen and oxygen atoms in total. The molecule has 0 spiro atoms. The third kappa shape index (κ3) is 5.87. The monoisotopic (exact) mass is 454 g/mol. The van der Waals surface area contributed by atoms with Gasteiger partial charge < -0.3 is 9.62 Å². The molecule has 2 aliphatic heterocycles. The summed E-state index contributed by atoms with van der Waals surface area (Å²) < 4.78 is 3.20. The van der Waals surface area contributed by atoms with Crippen molar-refractivity contribution >= 4 is 34.3 Å². The Balaban J connectivity index is 1.59. The molecule has 2 aliphatic rings. The van der Waals surface area contributed by atoms with Crippen LogP contribution in [0.25, 0.3) is 0 Å². The number of carbonyl (C=O) groups excluding carboxylic acids is 1. The first-order valence-electron chi connectivity index (χ1n) is 10.4. The van der Waals surface area contributed by atoms with Crippen LogP contribution in [0.2, 0.25) is 0 Å². The van der Waals surface area contributed by atoms with Crippen LogP contribution >= 0.6 is 23.3 Å². The van der Waals surface area contributed by atoms with E-state index in [1.54, 1.807) is 23.6 Å². The van der Waals surface area contributed by atoms with Crippen LogP contribution in [0, 0.1) is 5.92 Å². The van der Waals surface area contributed by atoms with Crippen LogP contribution in [-0.2, 0) is 4.79 Å². The van der Waals surface area contributed by atoms with Gasteiger partial charge in [-0.1, -0.05) is 44.0 Å². The fourth-order valence-electron chi connectivity index (χ4n) is 4.02. The number of aromatic nitrogens is 1. The van der Waals surface area contributed by atoms with Gasteiger partial charge in [0, 0.05) is 35.3 Å². The smallest absolute Gasteiger partial charge is 0.244 e. The van der Waals surface area contributed by atoms with Crippen LogP contribution < -0.4 is 4.72 Å². The number of likely N-dealkylation sites (tertiary alicyclic amines) is 2. The molecular formula is C24H30N4OS2. The van der Waals surface area contributed by atoms with Gasteiger partial charge in [-0.05, 0) is 61.9 Å². The predicted octanol–water partition coefficient (Wildman–Crippen LogP) is 5.40. The van der Waals surface area contributed by atoms with E-state index < -0.39 is 0 Å². The highest BCUT2D eigenvalue weighted by Crippen LogP contribution is 2.30. The van der Waals surface area contributed by atoms with Gasteiger partial charge in [0.2, 0.25) is 5.91 Å². The lowest BCUT2D eigenvalue weighted by Gasteiger charge is -2.24. The maximum absolute atomic E-state index is 13.1. The second kappa shape index (κ2) is 11.3. The van der Waals surface area contributed by atoms with Gasteiger partial charge in [-0.15, -0.1) is 11.3 Å². The molecule has 2 unspecified atom stereocenters. The Labute approximate surface area is 193 Å². The van der Waals surface area contributed by atoms with Crippen molar-refractivity contribution in [3.8, 4) is 0 Å². The lowest BCUT2D eigenvalue weighted by Crippen LogP contribution is -2.40. The molecule has 2 saturated heterocycles. The molecule has 2 fully saturated rings. The summed E-state index contributed by atoms with van der Waals surface area (Å²) in [6, 6.07) is -0.0352. The molecule has 0 saturated carbocycles. The number of hydrogen-bond acceptors (Lipinski definition) is 6. The van der Waals surface area contributed by atoms with Crippen LogP contribution in [0.3, 0.4) is 0 Å². The van der Waals surface area contributed by atoms with Gasteiger partial charge in [0.05, 0.1) is 6.04 Å². The second-order valence-electron chi connectivity index (χ2n) is 7.50. The number of thiazole rings is 1. The van der Waals surface area contributed by atoms with Crippen molar-refractivity contribution < 1.29 is 4.79 Å². The Morgan fingerprint density at radius 1 is 1.23 bits per heavy atom. The van der Waals surface area contributed by atoms with Crippen molar-refractivity contribution in [3.05, 3.63) is 83.9 Å². The molecule has 0 aromatic carbocycles. The maximum atomic E-state index is 13.1. The number of amides is 1. The second-order valence-corrected chi connectivity index (χ2v) is 9.28. The topological polar surface area (TPSA) is 48.5 Å². The minimum Gasteiger partial charge on any atom is -0.315 e. The zero-order chi connectivity index (χ0) is 22.2. The highest BCUT2D eigenvalue weighted by Gasteiger charge is 2.39. The molecule has 0 aliphatic carbocycles. The molecule has 1 aromatic heterocycles. The fourth-order valence-corrected chi connectivity index (χ4v) is 5.18. The first-order valence-corrected chi connectivity index (χ1v) is 12.1. The van der Waals surface area contributed by atoms with Crippen LogP contribution in [0.4, 0.5) is 5.13 Å². The van der Waals surface area contributed by atoms with Crippen molar-refractivity contribution in [1.29, 1.82) is 0 Å². The maximum Gasteiger partial charge on any atom is 0.244 e. The third-order valence-electron chi connectivity index (χ3n) is 5.66. The molecule has 2 atom stereocenters. The Morgan fingerprint density at radius 3 is 2.74 bits per heavy atom. The van der Waals surface area contributed by atoms with Crippen molar-refractivity contribution in [1.82, 2.24) is 14.8 Å². The van der Waals surface area contributed by atoms with Crippen molar-refractivity contribution in [3.63, 3.8) is 0 Å². The zero-order valence-corrected chi connectivity index (χ0v) is 19.6. The molecule has 3 heterocycles. The van der Waals surface area contributed by atoms with Gasteiger partial charge in [-0.25, -0.2) is 4.98 Å². The predicted molar refractivity (Wildman–Crippen MR) is 134 cm³/mol. The summed E-state index contributed by atoms with van der Waals surface area (Å²) in [5.74, 6) is 0.624. The Morgan fingerprint density at radius 2 is 2.06 bits per heavy atom. The lowest BCUT2D eigenvalue weighted by atomic mass is 9.98. The van der Waals surface area contributed by atoms with Crippen LogP contribution in [-0.4, -0.2) is 46.4 Å². The minimum atomic E-state index is -0.0352. The van der Waals surface area contributed by atoms with Gasteiger partial charge in [0.15, 0.2) is 5.13 Å². The van der Waals surface area contributed by atoms with E-state index >= 15 is 0 Å². The van der Waals surface area contributed by atoms with E-state index in [4.69, 9.17) is 0 Å². The van der Waals surface area contributed by atoms with Gasteiger partial charge in [-0.2, -0.15) is 0 Å². The summed E-state index contributed by atoms with van der Waals surface area (Å²) in [4.78, 5) is 22.5. The molecular weight excluding hydrogens is 424 g/mol. The third-order valence-corrected chi connectivity index (χ3v) is 7.31. The summed E-state index contributed by atoms with van der Waals surface area (Å²) in [6.45, 7) is 16.2. The number of anilines is 1. The molecule has 164 valence electrons. The van der Waals surface area contributed by atoms with E-state index in [1.807, 2.05) is 47.6 Å². The highest BCUT2D eigenvalue weighted by atomic mass is 32.2. The number of allylic oxidation sites excluding steroid dienone is 7. The Hall–Kier alpha value is -2.35. The lowest BCUT2D eigenvalue weighted by molar-refractivity contribution is -0.130. The van der Waals surface area contributed by atoms with E-state index in [0.29, 0.717) is 5.92 Å². The molecule has 0 radical (unpaired) electrons. The molecule has 1 amide bonds. The van der Waals surface area contributed by atoms with Crippen molar-refractivity contribution in [2.45, 2.75) is 25.8 Å². The zero-order valence-electron chi connectivity index (χ0n) is 18.0. The quantitative estimate of drug-likeness (QED) is 0.379. The van der Waals surface area contributed by atoms with Crippen LogP contribution in [0.15, 0.2) is 83.9 Å². The van der Waals surface area contributed by atoms with Crippen LogP contribution in [0.1, 0.15) is 19.8 Å². The minimum absolute atomic E-state index is 0.0352. The summed E-state index contributed by atoms with van der Waals surface area (Å²) in [5, 5.41) is 2.78. The molecule has 1 N–H and O–H groups in total. The molecule has 31 heavy (non-hydrogen) atoms. The first kappa shape index (κ1) is 23.3. The van der Waals surface area contributed by atoms with Gasteiger partial charge in [-0.3, -0.25) is 9.69 Å². The number of carbonyl (C=O) groups is 1. The summed E-state index contributed by atoms with van der Waals surface area (Å²) in [7, 11) is 0. The molecule has 1 aromatic rings. The highest BCUT2D eigenvalue weighted by molar-refractivity contribution is 8.04. The SMILES string of the molecule is C=C/C=C(\C=C)C1CCN(C2CCN(/C(C)=C/C=C(\C=C)SNc3nccs3)C2=O)C1. The van der Waals surface area contributed by atoms with Crippen molar-refractivity contribution in [2.75, 3.05) is 24.4 Å². The number of rotatable bonds is 10.